The SMILES string of the molecule is CC(C)C[C@H](NC(=O)OCc1ccccc1)C(=O)N[C@@H](CC(C)C)C(=O)c1nn(C(C)C)c(=S)o1. The number of alkyl carbamates (subject to hydrolysis) is 1. The van der Waals surface area contributed by atoms with E-state index in [1.54, 1.807) is 0 Å². The van der Waals surface area contributed by atoms with Crippen LogP contribution in [0.15, 0.2) is 34.7 Å². The molecule has 0 spiro atoms. The van der Waals surface area contributed by atoms with Gasteiger partial charge in [-0.05, 0) is 56.3 Å². The van der Waals surface area contributed by atoms with Gasteiger partial charge in [0, 0.05) is 0 Å². The number of carbonyl (C=O) groups excluding carboxylic acids is 3. The van der Waals surface area contributed by atoms with E-state index < -0.39 is 29.9 Å². The van der Waals surface area contributed by atoms with Gasteiger partial charge in [0.25, 0.3) is 10.7 Å². The second kappa shape index (κ2) is 13.2. The minimum Gasteiger partial charge on any atom is -0.445 e. The number of hydrogen-bond donors (Lipinski definition) is 2. The smallest absolute Gasteiger partial charge is 0.408 e. The summed E-state index contributed by atoms with van der Waals surface area (Å²) in [7, 11) is 0. The first-order valence-corrected chi connectivity index (χ1v) is 12.3. The van der Waals surface area contributed by atoms with E-state index in [4.69, 9.17) is 21.4 Å². The first-order valence-electron chi connectivity index (χ1n) is 11.9. The van der Waals surface area contributed by atoms with Gasteiger partial charge in [-0.2, -0.15) is 0 Å². The molecule has 0 unspecified atom stereocenters. The van der Waals surface area contributed by atoms with Crippen LogP contribution in [0, 0.1) is 16.7 Å². The minimum absolute atomic E-state index is 0.0764. The Morgan fingerprint density at radius 2 is 1.57 bits per heavy atom. The molecule has 2 amide bonds. The lowest BCUT2D eigenvalue weighted by Gasteiger charge is -2.24. The maximum Gasteiger partial charge on any atom is 0.408 e. The second-order valence-electron chi connectivity index (χ2n) is 9.65. The van der Waals surface area contributed by atoms with E-state index in [0.717, 1.165) is 5.56 Å². The number of amides is 2. The topological polar surface area (TPSA) is 115 Å². The summed E-state index contributed by atoms with van der Waals surface area (Å²) in [6.45, 7) is 11.6. The summed E-state index contributed by atoms with van der Waals surface area (Å²) in [5, 5.41) is 9.62. The normalized spacial score (nSPS) is 13.1. The van der Waals surface area contributed by atoms with Crippen LogP contribution in [0.2, 0.25) is 0 Å². The van der Waals surface area contributed by atoms with Gasteiger partial charge in [-0.25, -0.2) is 9.48 Å². The number of carbonyl (C=O) groups is 3. The molecule has 2 N–H and O–H groups in total. The molecular formula is C25H36N4O5S. The lowest BCUT2D eigenvalue weighted by Crippen LogP contribution is -2.52. The quantitative estimate of drug-likeness (QED) is 0.314. The van der Waals surface area contributed by atoms with Crippen LogP contribution < -0.4 is 10.6 Å². The Morgan fingerprint density at radius 1 is 0.971 bits per heavy atom. The van der Waals surface area contributed by atoms with Gasteiger partial charge >= 0.3 is 6.09 Å². The van der Waals surface area contributed by atoms with E-state index in [1.807, 2.05) is 71.9 Å². The molecule has 1 aromatic heterocycles. The van der Waals surface area contributed by atoms with Crippen molar-refractivity contribution in [1.29, 1.82) is 0 Å². The van der Waals surface area contributed by atoms with Crippen LogP contribution in [0.25, 0.3) is 0 Å². The number of nitrogens with zero attached hydrogens (tertiary/aromatic N) is 2. The van der Waals surface area contributed by atoms with Crippen molar-refractivity contribution in [3.63, 3.8) is 0 Å². The van der Waals surface area contributed by atoms with E-state index in [9.17, 15) is 14.4 Å². The molecule has 0 saturated heterocycles. The molecule has 1 heterocycles. The summed E-state index contributed by atoms with van der Waals surface area (Å²) in [6, 6.07) is 7.42. The van der Waals surface area contributed by atoms with Crippen LogP contribution in [-0.2, 0) is 16.1 Å². The van der Waals surface area contributed by atoms with Gasteiger partial charge in [-0.1, -0.05) is 58.0 Å². The Hall–Kier alpha value is -3.01. The van der Waals surface area contributed by atoms with Crippen LogP contribution in [0.5, 0.6) is 0 Å². The average Bonchev–Trinajstić information content (AvgIpc) is 3.18. The Morgan fingerprint density at radius 3 is 2.11 bits per heavy atom. The van der Waals surface area contributed by atoms with Crippen LogP contribution in [0.4, 0.5) is 4.79 Å². The summed E-state index contributed by atoms with van der Waals surface area (Å²) in [4.78, 5) is 38.9. The van der Waals surface area contributed by atoms with Crippen molar-refractivity contribution in [3.8, 4) is 0 Å². The van der Waals surface area contributed by atoms with Crippen LogP contribution in [0.1, 0.15) is 76.7 Å². The Labute approximate surface area is 211 Å². The zero-order valence-corrected chi connectivity index (χ0v) is 22.1. The van der Waals surface area contributed by atoms with Crippen molar-refractivity contribution < 1.29 is 23.5 Å². The fourth-order valence-corrected chi connectivity index (χ4v) is 3.78. The summed E-state index contributed by atoms with van der Waals surface area (Å²) in [5.41, 5.74) is 0.834. The van der Waals surface area contributed by atoms with Crippen molar-refractivity contribution in [2.75, 3.05) is 0 Å². The molecule has 0 bridgehead atoms. The molecule has 0 aliphatic heterocycles. The molecule has 35 heavy (non-hydrogen) atoms. The minimum atomic E-state index is -0.882. The van der Waals surface area contributed by atoms with E-state index in [1.165, 1.54) is 4.68 Å². The standard InChI is InChI=1S/C25H36N4O5S/c1-15(2)12-19(21(30)23-28-29(17(5)6)25(35)34-23)26-22(31)20(13-16(3)4)27-24(32)33-14-18-10-8-7-9-11-18/h7-11,15-17,19-20H,12-14H2,1-6H3,(H,26,31)(H,27,32)/t19-,20-/m0/s1. The maximum atomic E-state index is 13.2. The van der Waals surface area contributed by atoms with Crippen LogP contribution in [0.3, 0.4) is 0 Å². The molecule has 10 heteroatoms. The maximum absolute atomic E-state index is 13.2. The third-order valence-electron chi connectivity index (χ3n) is 5.14. The molecule has 192 valence electrons. The van der Waals surface area contributed by atoms with Gasteiger partial charge < -0.3 is 19.8 Å². The van der Waals surface area contributed by atoms with Crippen molar-refractivity contribution in [2.45, 2.75) is 79.1 Å². The summed E-state index contributed by atoms with van der Waals surface area (Å²) < 4.78 is 12.1. The molecule has 9 nitrogen and oxygen atoms in total. The Balaban J connectivity index is 2.13. The first kappa shape index (κ1) is 28.2. The molecule has 0 aliphatic rings. The van der Waals surface area contributed by atoms with Gasteiger partial charge in [0.1, 0.15) is 12.6 Å². The van der Waals surface area contributed by atoms with Crippen LogP contribution >= 0.6 is 12.2 Å². The highest BCUT2D eigenvalue weighted by Crippen LogP contribution is 2.15. The van der Waals surface area contributed by atoms with Gasteiger partial charge in [-0.3, -0.25) is 9.59 Å². The molecule has 0 aliphatic carbocycles. The van der Waals surface area contributed by atoms with Gasteiger partial charge in [-0.15, -0.1) is 5.10 Å². The van der Waals surface area contributed by atoms with E-state index in [-0.39, 0.29) is 35.2 Å². The monoisotopic (exact) mass is 504 g/mol. The molecule has 0 saturated carbocycles. The largest absolute Gasteiger partial charge is 0.445 e. The summed E-state index contributed by atoms with van der Waals surface area (Å²) >= 11 is 5.16. The fourth-order valence-electron chi connectivity index (χ4n) is 3.45. The lowest BCUT2D eigenvalue weighted by atomic mass is 9.98. The predicted octanol–water partition coefficient (Wildman–Crippen LogP) is 4.84. The van der Waals surface area contributed by atoms with E-state index in [0.29, 0.717) is 12.8 Å². The van der Waals surface area contributed by atoms with Crippen molar-refractivity contribution in [2.24, 2.45) is 11.8 Å². The number of ether oxygens (including phenoxy) is 1. The summed E-state index contributed by atoms with van der Waals surface area (Å²) in [6.07, 6.45) is 0.0361. The summed E-state index contributed by atoms with van der Waals surface area (Å²) in [5.74, 6) is -0.875. The highest BCUT2D eigenvalue weighted by atomic mass is 32.1. The fraction of sp³-hybridized carbons (Fsp3) is 0.560. The molecule has 2 aromatic rings. The zero-order valence-electron chi connectivity index (χ0n) is 21.2. The van der Waals surface area contributed by atoms with Crippen molar-refractivity contribution in [3.05, 3.63) is 46.6 Å². The van der Waals surface area contributed by atoms with Gasteiger partial charge in [0.15, 0.2) is 0 Å². The van der Waals surface area contributed by atoms with E-state index in [2.05, 4.69) is 15.7 Å². The zero-order chi connectivity index (χ0) is 26.1. The molecular weight excluding hydrogens is 468 g/mol. The van der Waals surface area contributed by atoms with Crippen molar-refractivity contribution >= 4 is 30.0 Å². The molecule has 2 rings (SSSR count). The highest BCUT2D eigenvalue weighted by Gasteiger charge is 2.31. The molecule has 0 radical (unpaired) electrons. The third kappa shape index (κ3) is 8.93. The Bertz CT molecular complexity index is 1050. The number of Topliss-reactive ketones (excluding diaryl/α,β-unsaturated/α-hetero) is 1. The third-order valence-corrected chi connectivity index (χ3v) is 5.41. The first-order chi connectivity index (χ1) is 16.5. The number of nitrogens with one attached hydrogen (secondary N) is 2. The number of rotatable bonds is 12. The van der Waals surface area contributed by atoms with E-state index >= 15 is 0 Å². The predicted molar refractivity (Wildman–Crippen MR) is 134 cm³/mol. The molecule has 2 atom stereocenters. The van der Waals surface area contributed by atoms with Gasteiger partial charge in [0.05, 0.1) is 12.1 Å². The molecule has 0 fully saturated rings. The number of hydrogen-bond acceptors (Lipinski definition) is 7. The number of ketones is 1. The average molecular weight is 505 g/mol. The van der Waals surface area contributed by atoms with Gasteiger partial charge in [0.2, 0.25) is 11.7 Å². The lowest BCUT2D eigenvalue weighted by molar-refractivity contribution is -0.124. The Kier molecular flexibility index (Phi) is 10.6. The highest BCUT2D eigenvalue weighted by molar-refractivity contribution is 7.71. The molecule has 1 aromatic carbocycles. The number of aromatic nitrogens is 2. The van der Waals surface area contributed by atoms with Crippen molar-refractivity contribution in [1.82, 2.24) is 20.4 Å². The number of benzene rings is 1. The second-order valence-corrected chi connectivity index (χ2v) is 10.0. The van der Waals surface area contributed by atoms with Crippen LogP contribution in [-0.4, -0.2) is 39.6 Å².